The molecular formula is C13H12FN3O. The molecule has 0 atom stereocenters. The molecule has 1 aromatic carbocycles. The van der Waals surface area contributed by atoms with E-state index < -0.39 is 5.82 Å². The normalized spacial score (nSPS) is 10.1. The molecular weight excluding hydrogens is 233 g/mol. The molecule has 0 fully saturated rings. The van der Waals surface area contributed by atoms with Gasteiger partial charge in [-0.3, -0.25) is 5.41 Å². The molecule has 1 heterocycles. The minimum atomic E-state index is -0.490. The Morgan fingerprint density at radius 2 is 2.06 bits per heavy atom. The van der Waals surface area contributed by atoms with Crippen LogP contribution in [0.2, 0.25) is 0 Å². The van der Waals surface area contributed by atoms with Crippen molar-refractivity contribution in [3.05, 3.63) is 53.5 Å². The van der Waals surface area contributed by atoms with Gasteiger partial charge in [-0.05, 0) is 30.7 Å². The van der Waals surface area contributed by atoms with Crippen LogP contribution >= 0.6 is 0 Å². The summed E-state index contributed by atoms with van der Waals surface area (Å²) in [6.07, 6.45) is 1.53. The van der Waals surface area contributed by atoms with E-state index in [1.165, 1.54) is 18.3 Å². The molecule has 0 aliphatic rings. The fourth-order valence-electron chi connectivity index (χ4n) is 1.57. The SMILES string of the molecule is Cc1ccnc(Oc2ccccc2F)c1C(=N)N. The van der Waals surface area contributed by atoms with Crippen LogP contribution in [0.1, 0.15) is 11.1 Å². The first-order chi connectivity index (χ1) is 8.59. The average molecular weight is 245 g/mol. The van der Waals surface area contributed by atoms with E-state index >= 15 is 0 Å². The van der Waals surface area contributed by atoms with Crippen molar-refractivity contribution in [2.45, 2.75) is 6.92 Å². The molecule has 2 aromatic rings. The maximum atomic E-state index is 13.5. The number of rotatable bonds is 3. The summed E-state index contributed by atoms with van der Waals surface area (Å²) in [5, 5.41) is 7.50. The molecule has 0 radical (unpaired) electrons. The van der Waals surface area contributed by atoms with Crippen LogP contribution in [0.3, 0.4) is 0 Å². The van der Waals surface area contributed by atoms with Crippen molar-refractivity contribution in [1.29, 1.82) is 5.41 Å². The van der Waals surface area contributed by atoms with Crippen LogP contribution in [0.15, 0.2) is 36.5 Å². The van der Waals surface area contributed by atoms with Gasteiger partial charge in [-0.15, -0.1) is 0 Å². The lowest BCUT2D eigenvalue weighted by Crippen LogP contribution is -2.15. The number of aromatic nitrogens is 1. The zero-order valence-electron chi connectivity index (χ0n) is 9.77. The third-order valence-corrected chi connectivity index (χ3v) is 2.44. The Balaban J connectivity index is 2.44. The summed E-state index contributed by atoms with van der Waals surface area (Å²) < 4.78 is 18.8. The summed E-state index contributed by atoms with van der Waals surface area (Å²) in [6.45, 7) is 1.78. The second-order valence-electron chi connectivity index (χ2n) is 3.75. The van der Waals surface area contributed by atoms with E-state index in [0.29, 0.717) is 5.56 Å². The third-order valence-electron chi connectivity index (χ3n) is 2.44. The van der Waals surface area contributed by atoms with Crippen LogP contribution in [0.25, 0.3) is 0 Å². The first kappa shape index (κ1) is 12.0. The highest BCUT2D eigenvalue weighted by atomic mass is 19.1. The second-order valence-corrected chi connectivity index (χ2v) is 3.75. The van der Waals surface area contributed by atoms with E-state index in [0.717, 1.165) is 5.56 Å². The highest BCUT2D eigenvalue weighted by Gasteiger charge is 2.13. The molecule has 5 heteroatoms. The number of halogens is 1. The second kappa shape index (κ2) is 4.83. The lowest BCUT2D eigenvalue weighted by atomic mass is 10.1. The Kier molecular flexibility index (Phi) is 3.23. The smallest absolute Gasteiger partial charge is 0.230 e. The molecule has 0 aliphatic carbocycles. The highest BCUT2D eigenvalue weighted by molar-refractivity contribution is 5.98. The minimum Gasteiger partial charge on any atom is -0.435 e. The zero-order chi connectivity index (χ0) is 13.1. The predicted molar refractivity (Wildman–Crippen MR) is 66.5 cm³/mol. The van der Waals surface area contributed by atoms with E-state index in [-0.39, 0.29) is 17.5 Å². The number of amidine groups is 1. The van der Waals surface area contributed by atoms with Crippen LogP contribution in [0, 0.1) is 18.2 Å². The van der Waals surface area contributed by atoms with Gasteiger partial charge in [0.05, 0.1) is 5.56 Å². The maximum absolute atomic E-state index is 13.5. The Hall–Kier alpha value is -2.43. The summed E-state index contributed by atoms with van der Waals surface area (Å²) in [6, 6.07) is 7.71. The van der Waals surface area contributed by atoms with Crippen LogP contribution in [-0.2, 0) is 0 Å². The summed E-state index contributed by atoms with van der Waals surface area (Å²) in [5.74, 6) is -0.465. The van der Waals surface area contributed by atoms with Crippen molar-refractivity contribution < 1.29 is 9.13 Å². The van der Waals surface area contributed by atoms with Gasteiger partial charge < -0.3 is 10.5 Å². The number of para-hydroxylation sites is 1. The Morgan fingerprint density at radius 1 is 1.33 bits per heavy atom. The minimum absolute atomic E-state index is 0.0538. The lowest BCUT2D eigenvalue weighted by Gasteiger charge is -2.11. The van der Waals surface area contributed by atoms with Crippen molar-refractivity contribution in [1.82, 2.24) is 4.98 Å². The number of hydrogen-bond acceptors (Lipinski definition) is 3. The van der Waals surface area contributed by atoms with Crippen molar-refractivity contribution in [3.8, 4) is 11.6 Å². The average Bonchev–Trinajstić information content (AvgIpc) is 2.31. The highest BCUT2D eigenvalue weighted by Crippen LogP contribution is 2.26. The largest absolute Gasteiger partial charge is 0.435 e. The number of hydrogen-bond donors (Lipinski definition) is 2. The van der Waals surface area contributed by atoms with E-state index in [1.54, 1.807) is 25.1 Å². The maximum Gasteiger partial charge on any atom is 0.230 e. The molecule has 92 valence electrons. The molecule has 0 bridgehead atoms. The van der Waals surface area contributed by atoms with Crippen molar-refractivity contribution in [2.75, 3.05) is 0 Å². The van der Waals surface area contributed by atoms with Gasteiger partial charge >= 0.3 is 0 Å². The first-order valence-corrected chi connectivity index (χ1v) is 5.32. The quantitative estimate of drug-likeness (QED) is 0.645. The number of benzene rings is 1. The molecule has 2 rings (SSSR count). The lowest BCUT2D eigenvalue weighted by molar-refractivity contribution is 0.426. The van der Waals surface area contributed by atoms with Gasteiger partial charge in [0.25, 0.3) is 0 Å². The topological polar surface area (TPSA) is 72.0 Å². The van der Waals surface area contributed by atoms with Gasteiger partial charge in [0.1, 0.15) is 5.84 Å². The molecule has 3 N–H and O–H groups in total. The van der Waals surface area contributed by atoms with Crippen molar-refractivity contribution in [2.24, 2.45) is 5.73 Å². The summed E-state index contributed by atoms with van der Waals surface area (Å²) in [7, 11) is 0. The molecule has 4 nitrogen and oxygen atoms in total. The van der Waals surface area contributed by atoms with Crippen molar-refractivity contribution >= 4 is 5.84 Å². The van der Waals surface area contributed by atoms with Gasteiger partial charge in [0.2, 0.25) is 5.88 Å². The van der Waals surface area contributed by atoms with Crippen LogP contribution in [0.5, 0.6) is 11.6 Å². The summed E-state index contributed by atoms with van der Waals surface area (Å²) in [4.78, 5) is 3.99. The Bertz CT molecular complexity index is 599. The molecule has 0 saturated carbocycles. The zero-order valence-corrected chi connectivity index (χ0v) is 9.77. The third kappa shape index (κ3) is 2.29. The van der Waals surface area contributed by atoms with E-state index in [2.05, 4.69) is 4.98 Å². The van der Waals surface area contributed by atoms with Crippen LogP contribution in [0.4, 0.5) is 4.39 Å². The number of nitrogens with one attached hydrogen (secondary N) is 1. The number of pyridine rings is 1. The van der Waals surface area contributed by atoms with Gasteiger partial charge in [0.15, 0.2) is 11.6 Å². The molecule has 18 heavy (non-hydrogen) atoms. The van der Waals surface area contributed by atoms with Crippen LogP contribution < -0.4 is 10.5 Å². The molecule has 0 unspecified atom stereocenters. The fraction of sp³-hybridized carbons (Fsp3) is 0.0769. The van der Waals surface area contributed by atoms with E-state index in [9.17, 15) is 4.39 Å². The van der Waals surface area contributed by atoms with E-state index in [1.807, 2.05) is 0 Å². The van der Waals surface area contributed by atoms with Gasteiger partial charge in [-0.25, -0.2) is 9.37 Å². The number of nitrogens with two attached hydrogens (primary N) is 1. The van der Waals surface area contributed by atoms with E-state index in [4.69, 9.17) is 15.9 Å². The van der Waals surface area contributed by atoms with Crippen molar-refractivity contribution in [3.63, 3.8) is 0 Å². The number of nitrogens with zero attached hydrogens (tertiary/aromatic N) is 1. The fourth-order valence-corrected chi connectivity index (χ4v) is 1.57. The molecule has 0 saturated heterocycles. The van der Waals surface area contributed by atoms with Gasteiger partial charge in [-0.2, -0.15) is 0 Å². The molecule has 1 aromatic heterocycles. The molecule has 0 amide bonds. The molecule has 0 spiro atoms. The molecule has 0 aliphatic heterocycles. The first-order valence-electron chi connectivity index (χ1n) is 5.32. The summed E-state index contributed by atoms with van der Waals surface area (Å²) in [5.41, 5.74) is 6.61. The predicted octanol–water partition coefficient (Wildman–Crippen LogP) is 2.61. The van der Waals surface area contributed by atoms with Gasteiger partial charge in [-0.1, -0.05) is 12.1 Å². The number of ether oxygens (including phenoxy) is 1. The number of aryl methyl sites for hydroxylation is 1. The summed E-state index contributed by atoms with van der Waals surface area (Å²) >= 11 is 0. The Morgan fingerprint density at radius 3 is 2.72 bits per heavy atom. The monoisotopic (exact) mass is 245 g/mol. The Labute approximate surface area is 104 Å². The number of nitrogen functional groups attached to an aromatic ring is 1. The van der Waals surface area contributed by atoms with Gasteiger partial charge in [0, 0.05) is 6.20 Å². The van der Waals surface area contributed by atoms with Crippen LogP contribution in [-0.4, -0.2) is 10.8 Å². The standard InChI is InChI=1S/C13H12FN3O/c1-8-6-7-17-13(11(8)12(15)16)18-10-5-3-2-4-9(10)14/h2-7H,1H3,(H3,15,16).